The minimum absolute atomic E-state index is 0.0300. The molecule has 206 valence electrons. The van der Waals surface area contributed by atoms with E-state index in [4.69, 9.17) is 4.99 Å². The first kappa shape index (κ1) is 23.1. The van der Waals surface area contributed by atoms with Gasteiger partial charge in [0.1, 0.15) is 6.17 Å². The Hall–Kier alpha value is -5.41. The zero-order valence-electron chi connectivity index (χ0n) is 24.2. The van der Waals surface area contributed by atoms with Crippen LogP contribution in [-0.4, -0.2) is 15.3 Å². The van der Waals surface area contributed by atoms with E-state index >= 15 is 0 Å². The Kier molecular flexibility index (Phi) is 4.17. The SMILES string of the molecule is CC1=NC(n2c3ccc4ccccc4c3c3c4c(c5ccccc5c32)C2c3ccccc3-c3cccc-4c32)Cc2cc[nH]c21. The molecule has 3 aliphatic rings. The molecule has 0 fully saturated rings. The molecular weight excluding hydrogens is 534 g/mol. The van der Waals surface area contributed by atoms with Crippen molar-refractivity contribution in [1.82, 2.24) is 9.55 Å². The van der Waals surface area contributed by atoms with E-state index in [9.17, 15) is 0 Å². The van der Waals surface area contributed by atoms with Gasteiger partial charge in [0.05, 0.1) is 22.4 Å². The molecule has 2 aliphatic carbocycles. The summed E-state index contributed by atoms with van der Waals surface area (Å²) in [6.07, 6.45) is 2.89. The molecule has 44 heavy (non-hydrogen) atoms. The van der Waals surface area contributed by atoms with E-state index in [0.717, 1.165) is 12.1 Å². The second-order valence-electron chi connectivity index (χ2n) is 12.7. The van der Waals surface area contributed by atoms with E-state index in [1.165, 1.54) is 93.6 Å². The largest absolute Gasteiger partial charge is 0.360 e. The topological polar surface area (TPSA) is 33.1 Å². The lowest BCUT2D eigenvalue weighted by molar-refractivity contribution is 0.547. The minimum atomic E-state index is -0.0300. The van der Waals surface area contributed by atoms with Crippen LogP contribution >= 0.6 is 0 Å². The van der Waals surface area contributed by atoms with E-state index in [0.29, 0.717) is 0 Å². The highest BCUT2D eigenvalue weighted by molar-refractivity contribution is 6.31. The van der Waals surface area contributed by atoms with E-state index in [1.807, 2.05) is 0 Å². The number of aliphatic imine (C=N–C) groups is 1. The first-order valence-electron chi connectivity index (χ1n) is 15.6. The van der Waals surface area contributed by atoms with Crippen molar-refractivity contribution < 1.29 is 0 Å². The average Bonchev–Trinajstić information content (AvgIpc) is 3.83. The molecule has 3 nitrogen and oxygen atoms in total. The van der Waals surface area contributed by atoms with Gasteiger partial charge in [-0.05, 0) is 79.7 Å². The Balaban J connectivity index is 1.39. The highest BCUT2D eigenvalue weighted by Crippen LogP contribution is 2.62. The van der Waals surface area contributed by atoms with Gasteiger partial charge in [-0.15, -0.1) is 0 Å². The molecule has 3 heterocycles. The van der Waals surface area contributed by atoms with Gasteiger partial charge in [0, 0.05) is 34.7 Å². The summed E-state index contributed by atoms with van der Waals surface area (Å²) >= 11 is 0. The lowest BCUT2D eigenvalue weighted by Gasteiger charge is -2.24. The van der Waals surface area contributed by atoms with Gasteiger partial charge in [0.25, 0.3) is 0 Å². The van der Waals surface area contributed by atoms with Crippen LogP contribution in [0.1, 0.15) is 47.0 Å². The Bertz CT molecular complexity index is 2610. The summed E-state index contributed by atoms with van der Waals surface area (Å²) < 4.78 is 2.58. The molecular formula is C41H27N3. The predicted molar refractivity (Wildman–Crippen MR) is 182 cm³/mol. The van der Waals surface area contributed by atoms with E-state index in [2.05, 4.69) is 132 Å². The third-order valence-corrected chi connectivity index (χ3v) is 10.6. The molecule has 2 unspecified atom stereocenters. The highest BCUT2D eigenvalue weighted by atomic mass is 15.1. The van der Waals surface area contributed by atoms with Gasteiger partial charge < -0.3 is 9.55 Å². The van der Waals surface area contributed by atoms with Crippen molar-refractivity contribution in [3.8, 4) is 22.3 Å². The minimum Gasteiger partial charge on any atom is -0.360 e. The van der Waals surface area contributed by atoms with Crippen molar-refractivity contribution in [2.45, 2.75) is 25.4 Å². The van der Waals surface area contributed by atoms with Crippen molar-refractivity contribution in [1.29, 1.82) is 0 Å². The van der Waals surface area contributed by atoms with Crippen LogP contribution in [0.3, 0.4) is 0 Å². The number of rotatable bonds is 1. The molecule has 8 aromatic rings. The maximum atomic E-state index is 5.38. The molecule has 0 spiro atoms. The van der Waals surface area contributed by atoms with E-state index in [-0.39, 0.29) is 12.1 Å². The molecule has 0 saturated heterocycles. The maximum absolute atomic E-state index is 5.38. The molecule has 1 aliphatic heterocycles. The number of fused-ring (bicyclic) bond motifs is 16. The number of aromatic nitrogens is 2. The standard InChI is InChI=1S/C41H27N3/c1-22-40-24(19-20-42-40)21-33(43-22)44-32-18-17-23-9-2-3-10-25(23)35(32)39-38-31-16-8-15-27-26-11-4-5-12-28(26)36(34(27)31)37(38)29-13-6-7-14-30(29)41(39)44/h2-20,33,36,42H,21H2,1H3. The third-order valence-electron chi connectivity index (χ3n) is 10.6. The third kappa shape index (κ3) is 2.64. The number of nitrogens with zero attached hydrogens (tertiary/aromatic N) is 2. The molecule has 2 atom stereocenters. The second kappa shape index (κ2) is 7.94. The zero-order chi connectivity index (χ0) is 28.7. The molecule has 0 saturated carbocycles. The summed E-state index contributed by atoms with van der Waals surface area (Å²) in [5.41, 5.74) is 16.1. The number of benzene rings is 6. The number of aromatic amines is 1. The van der Waals surface area contributed by atoms with Gasteiger partial charge in [-0.25, -0.2) is 0 Å². The van der Waals surface area contributed by atoms with Crippen molar-refractivity contribution >= 4 is 49.1 Å². The van der Waals surface area contributed by atoms with Crippen LogP contribution < -0.4 is 0 Å². The van der Waals surface area contributed by atoms with Crippen LogP contribution in [0, 0.1) is 0 Å². The molecule has 3 heteroatoms. The number of H-pyrrole nitrogens is 1. The van der Waals surface area contributed by atoms with Crippen LogP contribution in [0.4, 0.5) is 0 Å². The van der Waals surface area contributed by atoms with Crippen LogP contribution in [0.5, 0.6) is 0 Å². The van der Waals surface area contributed by atoms with Crippen LogP contribution in [-0.2, 0) is 6.42 Å². The fourth-order valence-electron chi connectivity index (χ4n) is 9.04. The average molecular weight is 562 g/mol. The number of hydrogen-bond donors (Lipinski definition) is 1. The van der Waals surface area contributed by atoms with E-state index < -0.39 is 0 Å². The summed E-state index contributed by atoms with van der Waals surface area (Å²) in [6, 6.07) is 40.9. The van der Waals surface area contributed by atoms with Crippen LogP contribution in [0.2, 0.25) is 0 Å². The smallest absolute Gasteiger partial charge is 0.130 e. The monoisotopic (exact) mass is 561 g/mol. The van der Waals surface area contributed by atoms with Crippen molar-refractivity contribution in [2.24, 2.45) is 4.99 Å². The molecule has 11 rings (SSSR count). The maximum Gasteiger partial charge on any atom is 0.130 e. The second-order valence-corrected chi connectivity index (χ2v) is 12.7. The normalized spacial score (nSPS) is 17.7. The van der Waals surface area contributed by atoms with Gasteiger partial charge in [-0.3, -0.25) is 4.99 Å². The number of nitrogens with one attached hydrogen (secondary N) is 1. The van der Waals surface area contributed by atoms with Gasteiger partial charge in [0.2, 0.25) is 0 Å². The fourth-order valence-corrected chi connectivity index (χ4v) is 9.04. The first-order chi connectivity index (χ1) is 21.8. The van der Waals surface area contributed by atoms with Crippen molar-refractivity contribution in [3.05, 3.63) is 143 Å². The quantitative estimate of drug-likeness (QED) is 0.207. The molecule has 0 radical (unpaired) electrons. The van der Waals surface area contributed by atoms with Crippen LogP contribution in [0.25, 0.3) is 65.6 Å². The van der Waals surface area contributed by atoms with Gasteiger partial charge in [0.15, 0.2) is 0 Å². The Morgan fingerprint density at radius 2 is 1.45 bits per heavy atom. The first-order valence-corrected chi connectivity index (χ1v) is 15.6. The van der Waals surface area contributed by atoms with Gasteiger partial charge in [-0.2, -0.15) is 0 Å². The molecule has 2 aromatic heterocycles. The summed E-state index contributed by atoms with van der Waals surface area (Å²) in [6.45, 7) is 2.15. The Morgan fingerprint density at radius 1 is 0.682 bits per heavy atom. The van der Waals surface area contributed by atoms with Crippen molar-refractivity contribution in [2.75, 3.05) is 0 Å². The van der Waals surface area contributed by atoms with Gasteiger partial charge >= 0.3 is 0 Å². The Labute approximate surface area is 254 Å². The predicted octanol–water partition coefficient (Wildman–Crippen LogP) is 10.1. The van der Waals surface area contributed by atoms with Crippen LogP contribution in [0.15, 0.2) is 120 Å². The summed E-state index contributed by atoms with van der Waals surface area (Å²) in [5.74, 6) is 0.243. The lowest BCUT2D eigenvalue weighted by Crippen LogP contribution is -2.18. The Morgan fingerprint density at radius 3 is 2.39 bits per heavy atom. The highest BCUT2D eigenvalue weighted by Gasteiger charge is 2.42. The summed E-state index contributed by atoms with van der Waals surface area (Å²) in [7, 11) is 0. The molecule has 0 bridgehead atoms. The molecule has 0 amide bonds. The lowest BCUT2D eigenvalue weighted by atomic mass is 9.86. The van der Waals surface area contributed by atoms with Gasteiger partial charge in [-0.1, -0.05) is 97.1 Å². The summed E-state index contributed by atoms with van der Waals surface area (Å²) in [4.78, 5) is 8.81. The fraction of sp³-hybridized carbons (Fsp3) is 0.0976. The van der Waals surface area contributed by atoms with Crippen molar-refractivity contribution in [3.63, 3.8) is 0 Å². The molecule has 1 N–H and O–H groups in total. The number of hydrogen-bond acceptors (Lipinski definition) is 1. The van der Waals surface area contributed by atoms with E-state index in [1.54, 1.807) is 0 Å². The molecule has 6 aromatic carbocycles. The zero-order valence-corrected chi connectivity index (χ0v) is 24.2. The summed E-state index contributed by atoms with van der Waals surface area (Å²) in [5, 5.41) is 7.97.